The van der Waals surface area contributed by atoms with Gasteiger partial charge in [0.25, 0.3) is 0 Å². The van der Waals surface area contributed by atoms with Gasteiger partial charge in [0.2, 0.25) is 5.13 Å². The van der Waals surface area contributed by atoms with Crippen molar-refractivity contribution in [3.63, 3.8) is 0 Å². The monoisotopic (exact) mass is 243 g/mol. The molecule has 0 radical (unpaired) electrons. The molecule has 0 bridgehead atoms. The van der Waals surface area contributed by atoms with E-state index in [-0.39, 0.29) is 52.8 Å². The van der Waals surface area contributed by atoms with Crippen molar-refractivity contribution < 1.29 is 57.5 Å². The maximum atomic E-state index is 5.23. The molecule has 2 rings (SSSR count). The molecule has 2 heterocycles. The van der Waals surface area contributed by atoms with Crippen LogP contribution in [0.3, 0.4) is 0 Å². The van der Waals surface area contributed by atoms with Gasteiger partial charge in [-0.2, -0.15) is 0 Å². The predicted octanol–water partition coefficient (Wildman–Crippen LogP) is -1.85. The molecule has 0 atom stereocenters. The summed E-state index contributed by atoms with van der Waals surface area (Å²) in [5.41, 5.74) is 0. The van der Waals surface area contributed by atoms with Gasteiger partial charge in [0.1, 0.15) is 0 Å². The number of aromatic amines is 1. The summed E-state index contributed by atoms with van der Waals surface area (Å²) < 4.78 is 5.96. The van der Waals surface area contributed by atoms with Crippen molar-refractivity contribution in [3.8, 4) is 0 Å². The molecule has 13 heavy (non-hydrogen) atoms. The van der Waals surface area contributed by atoms with Crippen molar-refractivity contribution in [2.75, 3.05) is 31.2 Å². The van der Waals surface area contributed by atoms with Crippen LogP contribution in [0.25, 0.3) is 0 Å². The van der Waals surface area contributed by atoms with Crippen LogP contribution in [0.1, 0.15) is 1.43 Å². The second-order valence-electron chi connectivity index (χ2n) is 2.50. The number of hydrogen-bond acceptors (Lipinski definition) is 5. The first kappa shape index (κ1) is 12.2. The van der Waals surface area contributed by atoms with Crippen molar-refractivity contribution in [1.82, 2.24) is 10.2 Å². The zero-order chi connectivity index (χ0) is 8.39. The van der Waals surface area contributed by atoms with Crippen molar-refractivity contribution in [1.29, 1.82) is 0 Å². The number of aromatic nitrogens is 2. The van der Waals surface area contributed by atoms with Gasteiger partial charge in [0.05, 0.1) is 13.2 Å². The Bertz CT molecular complexity index is 312. The fourth-order valence-corrected chi connectivity index (χ4v) is 2.04. The second kappa shape index (κ2) is 5.91. The Labute approximate surface area is 130 Å². The van der Waals surface area contributed by atoms with Crippen molar-refractivity contribution in [2.24, 2.45) is 0 Å². The zero-order valence-corrected chi connectivity index (χ0v) is 12.2. The SMILES string of the molecule is S=c1[nH]nc(N2CCOCC2)s1.[H-].[K+]. The van der Waals surface area contributed by atoms with E-state index < -0.39 is 0 Å². The molecule has 68 valence electrons. The zero-order valence-electron chi connectivity index (χ0n) is 8.45. The summed E-state index contributed by atoms with van der Waals surface area (Å²) in [7, 11) is 0. The normalized spacial score (nSPS) is 16.8. The van der Waals surface area contributed by atoms with E-state index in [4.69, 9.17) is 17.0 Å². The molecule has 1 aliphatic heterocycles. The van der Waals surface area contributed by atoms with Crippen LogP contribution in [-0.2, 0) is 4.74 Å². The number of rotatable bonds is 1. The third-order valence-electron chi connectivity index (χ3n) is 1.71. The maximum absolute atomic E-state index is 5.23. The van der Waals surface area contributed by atoms with E-state index >= 15 is 0 Å². The summed E-state index contributed by atoms with van der Waals surface area (Å²) in [5.74, 6) is 0. The fraction of sp³-hybridized carbons (Fsp3) is 0.667. The molecule has 1 saturated heterocycles. The average molecular weight is 243 g/mol. The number of nitrogens with zero attached hydrogens (tertiary/aromatic N) is 2. The standard InChI is InChI=1S/C6H9N3OS2.K.H/c11-6-8-7-5(12-6)9-1-3-10-4-2-9;;/h1-4H2,(H,8,11);;/q;+1;-1. The number of H-pyrrole nitrogens is 1. The third-order valence-corrected chi connectivity index (χ3v) is 2.86. The van der Waals surface area contributed by atoms with Gasteiger partial charge in [-0.1, -0.05) is 11.3 Å². The molecule has 0 aliphatic carbocycles. The first-order valence-corrected chi connectivity index (χ1v) is 4.97. The van der Waals surface area contributed by atoms with Crippen LogP contribution in [0.2, 0.25) is 0 Å². The van der Waals surface area contributed by atoms with Crippen LogP contribution in [0.15, 0.2) is 0 Å². The number of ether oxygens (including phenoxy) is 1. The van der Waals surface area contributed by atoms with E-state index in [9.17, 15) is 0 Å². The van der Waals surface area contributed by atoms with Crippen molar-refractivity contribution in [3.05, 3.63) is 3.95 Å². The van der Waals surface area contributed by atoms with Crippen LogP contribution < -0.4 is 56.3 Å². The Kier molecular flexibility index (Phi) is 5.57. The minimum absolute atomic E-state index is 0. The molecule has 0 saturated carbocycles. The van der Waals surface area contributed by atoms with Crippen LogP contribution in [0.4, 0.5) is 5.13 Å². The topological polar surface area (TPSA) is 41.2 Å². The van der Waals surface area contributed by atoms with Gasteiger partial charge in [-0.15, -0.1) is 5.10 Å². The smallest absolute Gasteiger partial charge is 1.00 e. The summed E-state index contributed by atoms with van der Waals surface area (Å²) in [6.07, 6.45) is 0. The summed E-state index contributed by atoms with van der Waals surface area (Å²) in [6, 6.07) is 0. The minimum Gasteiger partial charge on any atom is -1.00 e. The number of anilines is 1. The average Bonchev–Trinajstić information content (AvgIpc) is 2.54. The second-order valence-corrected chi connectivity index (χ2v) is 4.14. The Hall–Kier alpha value is 1.18. The largest absolute Gasteiger partial charge is 1.00 e. The summed E-state index contributed by atoms with van der Waals surface area (Å²) >= 11 is 6.46. The van der Waals surface area contributed by atoms with E-state index in [2.05, 4.69) is 15.1 Å². The van der Waals surface area contributed by atoms with Crippen molar-refractivity contribution >= 4 is 28.7 Å². The molecule has 4 nitrogen and oxygen atoms in total. The summed E-state index contributed by atoms with van der Waals surface area (Å²) in [4.78, 5) is 2.18. The molecule has 0 spiro atoms. The van der Waals surface area contributed by atoms with E-state index in [1.165, 1.54) is 11.3 Å². The molecule has 0 unspecified atom stereocenters. The van der Waals surface area contributed by atoms with Crippen molar-refractivity contribution in [2.45, 2.75) is 0 Å². The van der Waals surface area contributed by atoms with E-state index in [0.29, 0.717) is 0 Å². The quantitative estimate of drug-likeness (QED) is 0.465. The molecule has 1 aromatic heterocycles. The van der Waals surface area contributed by atoms with Crippen LogP contribution in [-0.4, -0.2) is 36.5 Å². The Morgan fingerprint density at radius 3 is 2.77 bits per heavy atom. The van der Waals surface area contributed by atoms with Crippen LogP contribution >= 0.6 is 23.6 Å². The van der Waals surface area contributed by atoms with E-state index in [0.717, 1.165) is 35.4 Å². The van der Waals surface area contributed by atoms with E-state index in [1.54, 1.807) is 0 Å². The van der Waals surface area contributed by atoms with Gasteiger partial charge in [-0.05, 0) is 12.2 Å². The maximum Gasteiger partial charge on any atom is 1.00 e. The summed E-state index contributed by atoms with van der Waals surface area (Å²) in [6.45, 7) is 3.39. The molecule has 7 heteroatoms. The Balaban J connectivity index is 0.000000845. The van der Waals surface area contributed by atoms with Gasteiger partial charge in [-0.25, -0.2) is 0 Å². The molecule has 0 aromatic carbocycles. The molecule has 1 fully saturated rings. The van der Waals surface area contributed by atoms with Crippen LogP contribution in [0.5, 0.6) is 0 Å². The Morgan fingerprint density at radius 1 is 1.54 bits per heavy atom. The predicted molar refractivity (Wildman–Crippen MR) is 51.4 cm³/mol. The summed E-state index contributed by atoms with van der Waals surface area (Å²) in [5, 5.41) is 7.84. The molecule has 1 aromatic rings. The fourth-order valence-electron chi connectivity index (χ4n) is 1.11. The first-order valence-electron chi connectivity index (χ1n) is 3.74. The van der Waals surface area contributed by atoms with Gasteiger partial charge in [-0.3, -0.25) is 5.10 Å². The molecular weight excluding hydrogens is 233 g/mol. The molecule has 1 aliphatic rings. The number of morpholine rings is 1. The number of nitrogens with one attached hydrogen (secondary N) is 1. The third kappa shape index (κ3) is 3.35. The number of hydrogen-bond donors (Lipinski definition) is 1. The molecule has 1 N–H and O–H groups in total. The first-order chi connectivity index (χ1) is 5.86. The van der Waals surface area contributed by atoms with E-state index in [1.807, 2.05) is 0 Å². The van der Waals surface area contributed by atoms with Gasteiger partial charge < -0.3 is 11.1 Å². The molecular formula is C6H10KN3OS2. The minimum atomic E-state index is 0. The molecule has 0 amide bonds. The van der Waals surface area contributed by atoms with Crippen LogP contribution in [0, 0.1) is 3.95 Å². The van der Waals surface area contributed by atoms with Gasteiger partial charge in [0.15, 0.2) is 3.95 Å². The Morgan fingerprint density at radius 2 is 2.23 bits per heavy atom. The van der Waals surface area contributed by atoms with Gasteiger partial charge in [0, 0.05) is 13.1 Å². The van der Waals surface area contributed by atoms with Gasteiger partial charge >= 0.3 is 51.4 Å².